The molecule has 0 aliphatic heterocycles. The number of carbonyl (C=O) groups excluding carboxylic acids is 2. The molecule has 0 radical (unpaired) electrons. The third-order valence-electron chi connectivity index (χ3n) is 4.68. The summed E-state index contributed by atoms with van der Waals surface area (Å²) >= 11 is 0. The fourth-order valence-electron chi connectivity index (χ4n) is 2.82. The van der Waals surface area contributed by atoms with Crippen molar-refractivity contribution in [2.24, 2.45) is 0 Å². The summed E-state index contributed by atoms with van der Waals surface area (Å²) in [6, 6.07) is 7.91. The summed E-state index contributed by atoms with van der Waals surface area (Å²) in [6.07, 6.45) is -5.00. The number of carbonyl (C=O) groups is 2. The second kappa shape index (κ2) is 9.87. The number of rotatable bonds is 9. The van der Waals surface area contributed by atoms with Gasteiger partial charge in [0.05, 0.1) is 16.9 Å². The van der Waals surface area contributed by atoms with E-state index >= 15 is 0 Å². The van der Waals surface area contributed by atoms with Gasteiger partial charge in [-0.2, -0.15) is 13.2 Å². The Labute approximate surface area is 187 Å². The molecule has 1 saturated carbocycles. The van der Waals surface area contributed by atoms with Gasteiger partial charge in [-0.3, -0.25) is 9.59 Å². The highest BCUT2D eigenvalue weighted by Crippen LogP contribution is 2.30. The monoisotopic (exact) mass is 488 g/mol. The lowest BCUT2D eigenvalue weighted by Crippen LogP contribution is -2.34. The summed E-state index contributed by atoms with van der Waals surface area (Å²) in [7, 11) is -4.33. The van der Waals surface area contributed by atoms with Crippen molar-refractivity contribution >= 4 is 21.9 Å². The Morgan fingerprint density at radius 2 is 1.76 bits per heavy atom. The fraction of sp³-hybridized carbons (Fsp3) is 0.333. The van der Waals surface area contributed by atoms with Gasteiger partial charge < -0.3 is 10.1 Å². The number of hydrogen-bond acceptors (Lipinski definition) is 5. The van der Waals surface area contributed by atoms with Crippen LogP contribution in [0.4, 0.5) is 17.6 Å². The quantitative estimate of drug-likeness (QED) is 0.417. The zero-order valence-electron chi connectivity index (χ0n) is 17.1. The lowest BCUT2D eigenvalue weighted by Gasteiger charge is -2.18. The van der Waals surface area contributed by atoms with Gasteiger partial charge in [-0.05, 0) is 43.2 Å². The van der Waals surface area contributed by atoms with Crippen LogP contribution in [0.5, 0.6) is 0 Å². The van der Waals surface area contributed by atoms with E-state index in [1.54, 1.807) is 0 Å². The first-order chi connectivity index (χ1) is 15.5. The number of benzene rings is 2. The van der Waals surface area contributed by atoms with Crippen molar-refractivity contribution in [1.82, 2.24) is 10.0 Å². The second-order valence-corrected chi connectivity index (χ2v) is 9.14. The van der Waals surface area contributed by atoms with Crippen LogP contribution in [0.15, 0.2) is 53.4 Å². The maximum absolute atomic E-state index is 13.2. The molecule has 1 unspecified atom stereocenters. The van der Waals surface area contributed by atoms with Gasteiger partial charge in [-0.1, -0.05) is 18.2 Å². The largest absolute Gasteiger partial charge is 0.447 e. The summed E-state index contributed by atoms with van der Waals surface area (Å²) < 4.78 is 83.4. The summed E-state index contributed by atoms with van der Waals surface area (Å²) in [5, 5.41) is 2.68. The molecule has 0 aromatic heterocycles. The van der Waals surface area contributed by atoms with Crippen LogP contribution in [-0.2, 0) is 30.5 Å². The molecule has 12 heteroatoms. The highest BCUT2D eigenvalue weighted by Gasteiger charge is 2.32. The third kappa shape index (κ3) is 6.99. The minimum atomic E-state index is -4.72. The Kier molecular flexibility index (Phi) is 7.38. The molecule has 0 heterocycles. The molecule has 2 aromatic carbocycles. The predicted octanol–water partition coefficient (Wildman–Crippen LogP) is 3.08. The maximum atomic E-state index is 13.2. The number of amides is 1. The lowest BCUT2D eigenvalue weighted by atomic mass is 10.1. The standard InChI is InChI=1S/C21H20F4N2O5S/c22-15-6-4-13(5-7-15)19(20(29)27-16-8-9-16)32-18(28)10-11-26-33(30,31)17-3-1-2-14(12-17)21(23,24)25/h1-7,12,16,19,26H,8-11H2,(H,27,29). The molecule has 0 bridgehead atoms. The van der Waals surface area contributed by atoms with Crippen molar-refractivity contribution in [2.75, 3.05) is 6.54 Å². The van der Waals surface area contributed by atoms with E-state index in [9.17, 15) is 35.6 Å². The Morgan fingerprint density at radius 3 is 2.36 bits per heavy atom. The van der Waals surface area contributed by atoms with Crippen LogP contribution >= 0.6 is 0 Å². The first-order valence-corrected chi connectivity index (χ1v) is 11.4. The molecule has 3 rings (SSSR count). The van der Waals surface area contributed by atoms with E-state index in [0.29, 0.717) is 6.07 Å². The average Bonchev–Trinajstić information content (AvgIpc) is 3.56. The van der Waals surface area contributed by atoms with E-state index < -0.39 is 63.4 Å². The van der Waals surface area contributed by atoms with Crippen molar-refractivity contribution in [3.8, 4) is 0 Å². The van der Waals surface area contributed by atoms with Crippen molar-refractivity contribution in [1.29, 1.82) is 0 Å². The minimum absolute atomic E-state index is 0.0292. The van der Waals surface area contributed by atoms with Gasteiger partial charge in [0.1, 0.15) is 5.82 Å². The SMILES string of the molecule is O=C(CCNS(=O)(=O)c1cccc(C(F)(F)F)c1)OC(C(=O)NC1CC1)c1ccc(F)cc1. The number of halogens is 4. The minimum Gasteiger partial charge on any atom is -0.447 e. The maximum Gasteiger partial charge on any atom is 0.416 e. The van der Waals surface area contributed by atoms with Crippen LogP contribution in [0.2, 0.25) is 0 Å². The summed E-state index contributed by atoms with van der Waals surface area (Å²) in [4.78, 5) is 24.1. The number of sulfonamides is 1. The first-order valence-electron chi connectivity index (χ1n) is 9.88. The smallest absolute Gasteiger partial charge is 0.416 e. The Morgan fingerprint density at radius 1 is 1.09 bits per heavy atom. The van der Waals surface area contributed by atoms with Gasteiger partial charge >= 0.3 is 12.1 Å². The molecule has 2 aromatic rings. The number of esters is 1. The number of alkyl halides is 3. The molecule has 0 saturated heterocycles. The fourth-order valence-corrected chi connectivity index (χ4v) is 3.89. The molecule has 0 spiro atoms. The predicted molar refractivity (Wildman–Crippen MR) is 108 cm³/mol. The molecule has 2 N–H and O–H groups in total. The van der Waals surface area contributed by atoms with Crippen LogP contribution in [0.25, 0.3) is 0 Å². The summed E-state index contributed by atoms with van der Waals surface area (Å²) in [6.45, 7) is -0.474. The van der Waals surface area contributed by atoms with Crippen LogP contribution < -0.4 is 10.0 Å². The normalized spacial score (nSPS) is 15.0. The van der Waals surface area contributed by atoms with Gasteiger partial charge in [0.15, 0.2) is 0 Å². The van der Waals surface area contributed by atoms with Crippen LogP contribution in [0.1, 0.15) is 36.5 Å². The van der Waals surface area contributed by atoms with Crippen LogP contribution in [-0.4, -0.2) is 32.9 Å². The van der Waals surface area contributed by atoms with E-state index in [1.165, 1.54) is 12.1 Å². The molecule has 178 valence electrons. The number of nitrogens with one attached hydrogen (secondary N) is 2. The summed E-state index contributed by atoms with van der Waals surface area (Å²) in [5.74, 6) is -2.07. The van der Waals surface area contributed by atoms with Crippen molar-refractivity contribution in [3.63, 3.8) is 0 Å². The zero-order valence-corrected chi connectivity index (χ0v) is 17.9. The van der Waals surface area contributed by atoms with Crippen molar-refractivity contribution in [3.05, 3.63) is 65.5 Å². The molecular formula is C21H20F4N2O5S. The van der Waals surface area contributed by atoms with Gasteiger partial charge in [-0.15, -0.1) is 0 Å². The summed E-state index contributed by atoms with van der Waals surface area (Å²) in [5.41, 5.74) is -0.902. The van der Waals surface area contributed by atoms with E-state index in [-0.39, 0.29) is 11.6 Å². The topological polar surface area (TPSA) is 102 Å². The van der Waals surface area contributed by atoms with Crippen molar-refractivity contribution < 1.29 is 40.3 Å². The molecule has 1 fully saturated rings. The van der Waals surface area contributed by atoms with Gasteiger partial charge in [-0.25, -0.2) is 17.5 Å². The molecule has 7 nitrogen and oxygen atoms in total. The Balaban J connectivity index is 1.61. The highest BCUT2D eigenvalue weighted by atomic mass is 32.2. The van der Waals surface area contributed by atoms with E-state index in [4.69, 9.17) is 4.74 Å². The molecule has 1 atom stereocenters. The van der Waals surface area contributed by atoms with Gasteiger partial charge in [0.2, 0.25) is 16.1 Å². The molecular weight excluding hydrogens is 468 g/mol. The number of ether oxygens (including phenoxy) is 1. The molecule has 33 heavy (non-hydrogen) atoms. The van der Waals surface area contributed by atoms with Crippen LogP contribution in [0.3, 0.4) is 0 Å². The average molecular weight is 488 g/mol. The first kappa shape index (κ1) is 24.6. The van der Waals surface area contributed by atoms with Crippen molar-refractivity contribution in [2.45, 2.75) is 42.5 Å². The number of hydrogen-bond donors (Lipinski definition) is 2. The molecule has 1 aliphatic carbocycles. The van der Waals surface area contributed by atoms with E-state index in [2.05, 4.69) is 5.32 Å². The van der Waals surface area contributed by atoms with E-state index in [1.807, 2.05) is 4.72 Å². The second-order valence-electron chi connectivity index (χ2n) is 7.38. The van der Waals surface area contributed by atoms with Gasteiger partial charge in [0, 0.05) is 18.2 Å². The Bertz CT molecular complexity index is 1120. The Hall–Kier alpha value is -2.99. The van der Waals surface area contributed by atoms with E-state index in [0.717, 1.165) is 43.2 Å². The highest BCUT2D eigenvalue weighted by molar-refractivity contribution is 7.89. The molecule has 1 aliphatic rings. The third-order valence-corrected chi connectivity index (χ3v) is 6.14. The molecule has 1 amide bonds. The van der Waals surface area contributed by atoms with Crippen LogP contribution in [0, 0.1) is 5.82 Å². The van der Waals surface area contributed by atoms with Gasteiger partial charge in [0.25, 0.3) is 5.91 Å². The zero-order chi connectivity index (χ0) is 24.2. The lowest BCUT2D eigenvalue weighted by molar-refractivity contribution is -0.156.